The van der Waals surface area contributed by atoms with E-state index in [9.17, 15) is 4.79 Å². The van der Waals surface area contributed by atoms with Crippen molar-refractivity contribution < 1.29 is 9.53 Å². The maximum absolute atomic E-state index is 11.7. The molecule has 0 atom stereocenters. The molecule has 2 aromatic rings. The summed E-state index contributed by atoms with van der Waals surface area (Å²) in [5.74, 6) is 0. The lowest BCUT2D eigenvalue weighted by atomic mass is 10.3. The minimum Gasteiger partial charge on any atom is -0.378 e. The van der Waals surface area contributed by atoms with Crippen LogP contribution in [0.1, 0.15) is 10.7 Å². The Balaban J connectivity index is 1.73. The van der Waals surface area contributed by atoms with Crippen molar-refractivity contribution in [2.24, 2.45) is 0 Å². The van der Waals surface area contributed by atoms with E-state index in [1.54, 1.807) is 42.7 Å². The number of amides is 2. The largest absolute Gasteiger partial charge is 0.378 e. The summed E-state index contributed by atoms with van der Waals surface area (Å²) in [6, 6.07) is 6.75. The normalized spacial score (nSPS) is 10.4. The monoisotopic (exact) mass is 325 g/mol. The second-order valence-corrected chi connectivity index (χ2v) is 5.69. The second-order valence-electron chi connectivity index (χ2n) is 4.31. The van der Waals surface area contributed by atoms with E-state index in [1.165, 1.54) is 0 Å². The predicted molar refractivity (Wildman–Crippen MR) is 85.0 cm³/mol. The minimum atomic E-state index is -0.260. The molecule has 1 aromatic heterocycles. The first-order valence-electron chi connectivity index (χ1n) is 6.40. The fraction of sp³-hybridized carbons (Fsp3) is 0.286. The van der Waals surface area contributed by atoms with Gasteiger partial charge < -0.3 is 15.4 Å². The average Bonchev–Trinajstić information content (AvgIpc) is 2.87. The summed E-state index contributed by atoms with van der Waals surface area (Å²) in [4.78, 5) is 16.1. The molecule has 0 radical (unpaired) electrons. The first-order chi connectivity index (χ1) is 10.2. The number of carbonyl (C=O) groups is 1. The molecule has 2 amide bonds. The van der Waals surface area contributed by atoms with Gasteiger partial charge in [-0.1, -0.05) is 17.7 Å². The van der Waals surface area contributed by atoms with Crippen LogP contribution < -0.4 is 10.6 Å². The van der Waals surface area contributed by atoms with Crippen LogP contribution in [-0.4, -0.2) is 24.7 Å². The van der Waals surface area contributed by atoms with Crippen molar-refractivity contribution in [2.75, 3.05) is 19.0 Å². The van der Waals surface area contributed by atoms with Gasteiger partial charge in [-0.15, -0.1) is 11.3 Å². The highest BCUT2D eigenvalue weighted by Gasteiger charge is 2.04. The molecule has 1 heterocycles. The Morgan fingerprint density at radius 1 is 1.48 bits per heavy atom. The van der Waals surface area contributed by atoms with Gasteiger partial charge in [-0.2, -0.15) is 0 Å². The molecule has 5 nitrogen and oxygen atoms in total. The third kappa shape index (κ3) is 5.34. The third-order valence-electron chi connectivity index (χ3n) is 2.62. The van der Waals surface area contributed by atoms with Gasteiger partial charge in [-0.25, -0.2) is 9.78 Å². The maximum Gasteiger partial charge on any atom is 0.319 e. The fourth-order valence-electron chi connectivity index (χ4n) is 1.70. The lowest BCUT2D eigenvalue weighted by Crippen LogP contribution is -2.30. The molecular formula is C14H16ClN3O2S. The van der Waals surface area contributed by atoms with Crippen LogP contribution in [0.4, 0.5) is 10.5 Å². The molecule has 21 heavy (non-hydrogen) atoms. The molecule has 0 aliphatic rings. The van der Waals surface area contributed by atoms with Crippen molar-refractivity contribution in [1.82, 2.24) is 10.3 Å². The Bertz CT molecular complexity index is 603. The third-order valence-corrected chi connectivity index (χ3v) is 3.72. The summed E-state index contributed by atoms with van der Waals surface area (Å²) in [6.07, 6.45) is 0.684. The van der Waals surface area contributed by atoms with Gasteiger partial charge in [0.15, 0.2) is 0 Å². The van der Waals surface area contributed by atoms with E-state index in [-0.39, 0.29) is 6.03 Å². The van der Waals surface area contributed by atoms with Crippen LogP contribution in [0.2, 0.25) is 5.02 Å². The van der Waals surface area contributed by atoms with Gasteiger partial charge in [0.1, 0.15) is 5.01 Å². The number of aromatic nitrogens is 1. The maximum atomic E-state index is 11.7. The number of methoxy groups -OCH3 is 1. The smallest absolute Gasteiger partial charge is 0.319 e. The molecule has 0 aliphatic heterocycles. The molecule has 2 N–H and O–H groups in total. The van der Waals surface area contributed by atoms with Crippen molar-refractivity contribution >= 4 is 34.7 Å². The van der Waals surface area contributed by atoms with Crippen LogP contribution in [0.25, 0.3) is 0 Å². The van der Waals surface area contributed by atoms with E-state index < -0.39 is 0 Å². The first-order valence-corrected chi connectivity index (χ1v) is 7.66. The molecule has 1 aromatic carbocycles. The molecule has 112 valence electrons. The standard InChI is InChI=1S/C14H16ClN3O2S/c1-20-8-13-17-12(9-21-13)5-6-16-14(19)18-11-4-2-3-10(15)7-11/h2-4,7,9H,5-6,8H2,1H3,(H2,16,18,19). The molecule has 0 saturated heterocycles. The van der Waals surface area contributed by atoms with E-state index in [4.69, 9.17) is 16.3 Å². The Hall–Kier alpha value is -1.63. The first kappa shape index (κ1) is 15.8. The summed E-state index contributed by atoms with van der Waals surface area (Å²) in [5, 5.41) is 9.00. The molecule has 0 saturated carbocycles. The molecule has 0 aliphatic carbocycles. The van der Waals surface area contributed by atoms with Gasteiger partial charge in [0.25, 0.3) is 0 Å². The lowest BCUT2D eigenvalue weighted by molar-refractivity contribution is 0.184. The zero-order valence-electron chi connectivity index (χ0n) is 11.6. The molecule has 0 bridgehead atoms. The van der Waals surface area contributed by atoms with Crippen LogP contribution in [0.3, 0.4) is 0 Å². The number of carbonyl (C=O) groups excluding carboxylic acids is 1. The van der Waals surface area contributed by atoms with Crippen molar-refractivity contribution in [1.29, 1.82) is 0 Å². The average molecular weight is 326 g/mol. The van der Waals surface area contributed by atoms with Gasteiger partial charge in [-0.05, 0) is 18.2 Å². The number of urea groups is 1. The van der Waals surface area contributed by atoms with Gasteiger partial charge >= 0.3 is 6.03 Å². The number of nitrogens with one attached hydrogen (secondary N) is 2. The number of hydrogen-bond acceptors (Lipinski definition) is 4. The molecule has 0 fully saturated rings. The molecule has 0 unspecified atom stereocenters. The quantitative estimate of drug-likeness (QED) is 0.856. The van der Waals surface area contributed by atoms with Crippen LogP contribution in [-0.2, 0) is 17.8 Å². The number of ether oxygens (including phenoxy) is 1. The summed E-state index contributed by atoms with van der Waals surface area (Å²) in [7, 11) is 1.64. The Morgan fingerprint density at radius 3 is 3.10 bits per heavy atom. The zero-order chi connectivity index (χ0) is 15.1. The van der Waals surface area contributed by atoms with Gasteiger partial charge in [0, 0.05) is 36.2 Å². The number of nitrogens with zero attached hydrogens (tertiary/aromatic N) is 1. The summed E-state index contributed by atoms with van der Waals surface area (Å²) >= 11 is 7.41. The van der Waals surface area contributed by atoms with Crippen molar-refractivity contribution in [3.63, 3.8) is 0 Å². The second kappa shape index (κ2) is 7.97. The topological polar surface area (TPSA) is 63.2 Å². The van der Waals surface area contributed by atoms with Crippen LogP contribution in [0.5, 0.6) is 0 Å². The fourth-order valence-corrected chi connectivity index (χ4v) is 2.69. The number of anilines is 1. The highest BCUT2D eigenvalue weighted by Crippen LogP contribution is 2.14. The SMILES string of the molecule is COCc1nc(CCNC(=O)Nc2cccc(Cl)c2)cs1. The summed E-state index contributed by atoms with van der Waals surface area (Å²) < 4.78 is 5.02. The number of halogens is 1. The van der Waals surface area contributed by atoms with Gasteiger partial charge in [-0.3, -0.25) is 0 Å². The molecule has 7 heteroatoms. The van der Waals surface area contributed by atoms with E-state index in [0.29, 0.717) is 30.3 Å². The van der Waals surface area contributed by atoms with Crippen LogP contribution >= 0.6 is 22.9 Å². The molecule has 2 rings (SSSR count). The van der Waals surface area contributed by atoms with Gasteiger partial charge in [0.05, 0.1) is 12.3 Å². The van der Waals surface area contributed by atoms with Crippen LogP contribution in [0, 0.1) is 0 Å². The number of thiazole rings is 1. The van der Waals surface area contributed by atoms with Crippen LogP contribution in [0.15, 0.2) is 29.6 Å². The highest BCUT2D eigenvalue weighted by atomic mass is 35.5. The van der Waals surface area contributed by atoms with Crippen molar-refractivity contribution in [2.45, 2.75) is 13.0 Å². The van der Waals surface area contributed by atoms with E-state index in [1.807, 2.05) is 5.38 Å². The molecule has 0 spiro atoms. The highest BCUT2D eigenvalue weighted by molar-refractivity contribution is 7.09. The van der Waals surface area contributed by atoms with Crippen molar-refractivity contribution in [3.05, 3.63) is 45.4 Å². The van der Waals surface area contributed by atoms with E-state index in [0.717, 1.165) is 10.7 Å². The minimum absolute atomic E-state index is 0.260. The Kier molecular flexibility index (Phi) is 5.98. The van der Waals surface area contributed by atoms with Gasteiger partial charge in [0.2, 0.25) is 0 Å². The Morgan fingerprint density at radius 2 is 2.33 bits per heavy atom. The summed E-state index contributed by atoms with van der Waals surface area (Å²) in [6.45, 7) is 1.04. The van der Waals surface area contributed by atoms with E-state index >= 15 is 0 Å². The van der Waals surface area contributed by atoms with E-state index in [2.05, 4.69) is 15.6 Å². The summed E-state index contributed by atoms with van der Waals surface area (Å²) in [5.41, 5.74) is 1.62. The molecular weight excluding hydrogens is 310 g/mol. The Labute approximate surface area is 132 Å². The van der Waals surface area contributed by atoms with Crippen molar-refractivity contribution in [3.8, 4) is 0 Å². The lowest BCUT2D eigenvalue weighted by Gasteiger charge is -2.07. The predicted octanol–water partition coefficient (Wildman–Crippen LogP) is 3.31. The number of hydrogen-bond donors (Lipinski definition) is 2. The number of rotatable bonds is 6. The zero-order valence-corrected chi connectivity index (χ0v) is 13.1. The number of benzene rings is 1.